The third kappa shape index (κ3) is 2.86. The second-order valence-corrected chi connectivity index (χ2v) is 6.97. The van der Waals surface area contributed by atoms with Crippen LogP contribution in [0.15, 0.2) is 5.16 Å². The zero-order chi connectivity index (χ0) is 14.9. The van der Waals surface area contributed by atoms with E-state index in [4.69, 9.17) is 5.14 Å². The normalized spacial score (nSPS) is 12.2. The van der Waals surface area contributed by atoms with Crippen molar-refractivity contribution in [2.24, 2.45) is 11.1 Å². The van der Waals surface area contributed by atoms with Crippen LogP contribution in [0.25, 0.3) is 10.7 Å². The van der Waals surface area contributed by atoms with Crippen LogP contribution in [-0.2, 0) is 23.0 Å². The van der Waals surface area contributed by atoms with Gasteiger partial charge in [0, 0.05) is 6.54 Å². The number of sulfonamides is 1. The van der Waals surface area contributed by atoms with Gasteiger partial charge in [-0.25, -0.2) is 13.6 Å². The van der Waals surface area contributed by atoms with Crippen LogP contribution in [-0.4, -0.2) is 32.8 Å². The SMILES string of the molecule is CCc1nnsc1-c1nnc(S(N)(=O)=O)n1CC(C)C. The van der Waals surface area contributed by atoms with Crippen molar-refractivity contribution >= 4 is 21.6 Å². The molecule has 0 amide bonds. The quantitative estimate of drug-likeness (QED) is 0.866. The van der Waals surface area contributed by atoms with Crippen LogP contribution >= 0.6 is 11.5 Å². The van der Waals surface area contributed by atoms with Crippen molar-refractivity contribution < 1.29 is 8.42 Å². The molecule has 2 aromatic rings. The third-order valence-electron chi connectivity index (χ3n) is 2.61. The highest BCUT2D eigenvalue weighted by Gasteiger charge is 2.25. The van der Waals surface area contributed by atoms with Crippen LogP contribution < -0.4 is 5.14 Å². The molecule has 8 nitrogen and oxygen atoms in total. The monoisotopic (exact) mass is 316 g/mol. The molecular formula is C10H16N6O2S2. The van der Waals surface area contributed by atoms with Crippen LogP contribution in [0.1, 0.15) is 26.5 Å². The van der Waals surface area contributed by atoms with Crippen molar-refractivity contribution in [3.05, 3.63) is 5.69 Å². The zero-order valence-electron chi connectivity index (χ0n) is 11.4. The van der Waals surface area contributed by atoms with E-state index < -0.39 is 10.0 Å². The minimum Gasteiger partial charge on any atom is -0.296 e. The van der Waals surface area contributed by atoms with E-state index in [0.717, 1.165) is 10.6 Å². The van der Waals surface area contributed by atoms with Gasteiger partial charge in [0.15, 0.2) is 5.82 Å². The summed E-state index contributed by atoms with van der Waals surface area (Å²) in [6.07, 6.45) is 0.686. The second-order valence-electron chi connectivity index (χ2n) is 4.76. The maximum absolute atomic E-state index is 11.6. The fourth-order valence-corrected chi connectivity index (χ4v) is 3.17. The van der Waals surface area contributed by atoms with E-state index in [2.05, 4.69) is 19.8 Å². The van der Waals surface area contributed by atoms with Crippen molar-refractivity contribution in [3.8, 4) is 10.7 Å². The van der Waals surface area contributed by atoms with E-state index in [0.29, 0.717) is 18.8 Å². The van der Waals surface area contributed by atoms with Gasteiger partial charge < -0.3 is 0 Å². The van der Waals surface area contributed by atoms with Gasteiger partial charge in [0.2, 0.25) is 0 Å². The van der Waals surface area contributed by atoms with Crippen LogP contribution in [0, 0.1) is 5.92 Å². The largest absolute Gasteiger partial charge is 0.296 e. The number of primary sulfonamides is 1. The molecule has 0 unspecified atom stereocenters. The summed E-state index contributed by atoms with van der Waals surface area (Å²) in [7, 11) is -3.92. The van der Waals surface area contributed by atoms with E-state index in [9.17, 15) is 8.42 Å². The average molecular weight is 316 g/mol. The molecule has 0 atom stereocenters. The highest BCUT2D eigenvalue weighted by molar-refractivity contribution is 7.89. The first-order chi connectivity index (χ1) is 9.34. The molecule has 20 heavy (non-hydrogen) atoms. The second kappa shape index (κ2) is 5.54. The van der Waals surface area contributed by atoms with E-state index in [1.807, 2.05) is 20.8 Å². The smallest absolute Gasteiger partial charge is 0.273 e. The molecule has 110 valence electrons. The molecule has 2 rings (SSSR count). The molecule has 0 saturated heterocycles. The van der Waals surface area contributed by atoms with Gasteiger partial charge in [0.05, 0.1) is 5.69 Å². The summed E-state index contributed by atoms with van der Waals surface area (Å²) >= 11 is 1.17. The average Bonchev–Trinajstić information content (AvgIpc) is 2.92. The molecule has 0 saturated carbocycles. The molecule has 0 aliphatic rings. The lowest BCUT2D eigenvalue weighted by atomic mass is 10.2. The summed E-state index contributed by atoms with van der Waals surface area (Å²) in [6, 6.07) is 0. The van der Waals surface area contributed by atoms with E-state index in [1.165, 1.54) is 16.1 Å². The maximum atomic E-state index is 11.6. The molecule has 0 bridgehead atoms. The Bertz CT molecular complexity index is 703. The summed E-state index contributed by atoms with van der Waals surface area (Å²) in [5.74, 6) is 0.672. The lowest BCUT2D eigenvalue weighted by molar-refractivity contribution is 0.486. The van der Waals surface area contributed by atoms with Crippen molar-refractivity contribution in [1.29, 1.82) is 0 Å². The van der Waals surface area contributed by atoms with Gasteiger partial charge in [-0.2, -0.15) is 0 Å². The van der Waals surface area contributed by atoms with Crippen molar-refractivity contribution in [3.63, 3.8) is 0 Å². The molecule has 0 aliphatic heterocycles. The molecule has 0 fully saturated rings. The number of aromatic nitrogens is 5. The predicted molar refractivity (Wildman–Crippen MR) is 74.5 cm³/mol. The number of nitrogens with zero attached hydrogens (tertiary/aromatic N) is 5. The molecule has 2 heterocycles. The van der Waals surface area contributed by atoms with Gasteiger partial charge in [0.1, 0.15) is 4.88 Å². The highest BCUT2D eigenvalue weighted by atomic mass is 32.2. The van der Waals surface area contributed by atoms with Gasteiger partial charge >= 0.3 is 0 Å². The first-order valence-electron chi connectivity index (χ1n) is 6.12. The predicted octanol–water partition coefficient (Wildman–Crippen LogP) is 0.662. The van der Waals surface area contributed by atoms with Crippen LogP contribution in [0.3, 0.4) is 0 Å². The molecule has 10 heteroatoms. The maximum Gasteiger partial charge on any atom is 0.273 e. The Morgan fingerprint density at radius 3 is 2.55 bits per heavy atom. The van der Waals surface area contributed by atoms with Crippen molar-refractivity contribution in [1.82, 2.24) is 24.4 Å². The molecule has 0 aliphatic carbocycles. The number of aryl methyl sites for hydroxylation is 1. The Balaban J connectivity index is 2.62. The summed E-state index contributed by atoms with van der Waals surface area (Å²) in [5.41, 5.74) is 0.772. The molecule has 0 aromatic carbocycles. The number of nitrogens with two attached hydrogens (primary N) is 1. The molecular weight excluding hydrogens is 300 g/mol. The molecule has 2 N–H and O–H groups in total. The van der Waals surface area contributed by atoms with Crippen molar-refractivity contribution in [2.75, 3.05) is 0 Å². The van der Waals surface area contributed by atoms with E-state index in [1.54, 1.807) is 0 Å². The number of hydrogen-bond donors (Lipinski definition) is 1. The minimum absolute atomic E-state index is 0.219. The standard InChI is InChI=1S/C10H16N6O2S2/c1-4-7-8(19-15-12-7)9-13-14-10(20(11,17)18)16(9)5-6(2)3/h6H,4-5H2,1-3H3,(H2,11,17,18). The summed E-state index contributed by atoms with van der Waals surface area (Å²) in [4.78, 5) is 0.732. The van der Waals surface area contributed by atoms with E-state index in [-0.39, 0.29) is 11.1 Å². The topological polar surface area (TPSA) is 117 Å². The fraction of sp³-hybridized carbons (Fsp3) is 0.600. The first-order valence-corrected chi connectivity index (χ1v) is 8.44. The van der Waals surface area contributed by atoms with Crippen LogP contribution in [0.4, 0.5) is 0 Å². The third-order valence-corrected chi connectivity index (χ3v) is 4.19. The van der Waals surface area contributed by atoms with Gasteiger partial charge in [0.25, 0.3) is 15.2 Å². The Morgan fingerprint density at radius 2 is 2.00 bits per heavy atom. The Kier molecular flexibility index (Phi) is 4.16. The first kappa shape index (κ1) is 15.0. The lowest BCUT2D eigenvalue weighted by Crippen LogP contribution is -2.20. The Morgan fingerprint density at radius 1 is 1.30 bits per heavy atom. The minimum atomic E-state index is -3.92. The summed E-state index contributed by atoms with van der Waals surface area (Å²) < 4.78 is 28.6. The van der Waals surface area contributed by atoms with Gasteiger partial charge in [-0.05, 0) is 23.9 Å². The van der Waals surface area contributed by atoms with Gasteiger partial charge in [-0.3, -0.25) is 4.57 Å². The molecule has 0 spiro atoms. The lowest BCUT2D eigenvalue weighted by Gasteiger charge is -2.10. The fourth-order valence-electron chi connectivity index (χ4n) is 1.81. The van der Waals surface area contributed by atoms with Gasteiger partial charge in [-0.15, -0.1) is 15.3 Å². The summed E-state index contributed by atoms with van der Waals surface area (Å²) in [6.45, 7) is 6.35. The van der Waals surface area contributed by atoms with Crippen LogP contribution in [0.5, 0.6) is 0 Å². The number of hydrogen-bond acceptors (Lipinski definition) is 7. The molecule has 2 aromatic heterocycles. The van der Waals surface area contributed by atoms with E-state index >= 15 is 0 Å². The zero-order valence-corrected chi connectivity index (χ0v) is 13.1. The Labute approximate surface area is 121 Å². The summed E-state index contributed by atoms with van der Waals surface area (Å²) in [5, 5.41) is 16.7. The van der Waals surface area contributed by atoms with Crippen LogP contribution in [0.2, 0.25) is 0 Å². The van der Waals surface area contributed by atoms with Gasteiger partial charge in [-0.1, -0.05) is 25.3 Å². The van der Waals surface area contributed by atoms with Crippen molar-refractivity contribution in [2.45, 2.75) is 38.9 Å². The Hall–Kier alpha value is -1.39. The highest BCUT2D eigenvalue weighted by Crippen LogP contribution is 2.27. The molecule has 0 radical (unpaired) electrons. The number of rotatable bonds is 5.